The maximum Gasteiger partial charge on any atom is 0.417 e. The van der Waals surface area contributed by atoms with Crippen molar-refractivity contribution in [2.75, 3.05) is 6.54 Å². The van der Waals surface area contributed by atoms with Crippen molar-refractivity contribution in [2.24, 2.45) is 5.73 Å². The molecule has 0 atom stereocenters. The van der Waals surface area contributed by atoms with Crippen molar-refractivity contribution in [2.45, 2.75) is 17.6 Å². The molecule has 0 aliphatic carbocycles. The number of hydrogen-bond donors (Lipinski definition) is 1. The van der Waals surface area contributed by atoms with E-state index in [0.717, 1.165) is 12.1 Å². The summed E-state index contributed by atoms with van der Waals surface area (Å²) >= 11 is 0. The van der Waals surface area contributed by atoms with Gasteiger partial charge in [-0.3, -0.25) is 4.79 Å². The van der Waals surface area contributed by atoms with Gasteiger partial charge in [-0.2, -0.15) is 17.5 Å². The van der Waals surface area contributed by atoms with Gasteiger partial charge in [0.15, 0.2) is 0 Å². The molecule has 0 heterocycles. The van der Waals surface area contributed by atoms with Crippen molar-refractivity contribution in [3.05, 3.63) is 65.7 Å². The highest BCUT2D eigenvalue weighted by Gasteiger charge is 2.39. The third kappa shape index (κ3) is 4.58. The predicted molar refractivity (Wildman–Crippen MR) is 84.7 cm³/mol. The van der Waals surface area contributed by atoms with Crippen molar-refractivity contribution in [1.29, 1.82) is 0 Å². The molecule has 0 fully saturated rings. The van der Waals surface area contributed by atoms with Crippen molar-refractivity contribution in [3.63, 3.8) is 0 Å². The molecule has 0 aromatic heterocycles. The van der Waals surface area contributed by atoms with Crippen LogP contribution in [0.2, 0.25) is 0 Å². The molecule has 2 rings (SSSR count). The number of nitrogens with zero attached hydrogens (tertiary/aromatic N) is 1. The van der Waals surface area contributed by atoms with Crippen molar-refractivity contribution >= 4 is 15.9 Å². The van der Waals surface area contributed by atoms with Gasteiger partial charge in [0, 0.05) is 6.54 Å². The van der Waals surface area contributed by atoms with Crippen LogP contribution in [0.5, 0.6) is 0 Å². The van der Waals surface area contributed by atoms with Crippen LogP contribution in [0.3, 0.4) is 0 Å². The topological polar surface area (TPSA) is 80.5 Å². The van der Waals surface area contributed by atoms with E-state index in [2.05, 4.69) is 0 Å². The SMILES string of the molecule is NC(=O)CN(Cc1ccccc1)S(=O)(=O)c1ccccc1C(F)(F)F. The number of amides is 1. The quantitative estimate of drug-likeness (QED) is 0.845. The molecular weight excluding hydrogens is 357 g/mol. The van der Waals surface area contributed by atoms with Crippen LogP contribution >= 0.6 is 0 Å². The number of carbonyl (C=O) groups is 1. The Balaban J connectivity index is 2.51. The minimum absolute atomic E-state index is 0.279. The highest BCUT2D eigenvalue weighted by atomic mass is 32.2. The maximum absolute atomic E-state index is 13.2. The molecule has 9 heteroatoms. The Hall–Kier alpha value is -2.39. The Bertz CT molecular complexity index is 852. The number of alkyl halides is 3. The van der Waals surface area contributed by atoms with Crippen molar-refractivity contribution in [3.8, 4) is 0 Å². The molecule has 5 nitrogen and oxygen atoms in total. The Kier molecular flexibility index (Phi) is 5.48. The highest BCUT2D eigenvalue weighted by molar-refractivity contribution is 7.89. The molecule has 0 aliphatic heterocycles. The van der Waals surface area contributed by atoms with Gasteiger partial charge in [-0.15, -0.1) is 0 Å². The standard InChI is InChI=1S/C16H15F3N2O3S/c17-16(18,19)13-8-4-5-9-14(13)25(23,24)21(11-15(20)22)10-12-6-2-1-3-7-12/h1-9H,10-11H2,(H2,20,22). The zero-order valence-corrected chi connectivity index (χ0v) is 13.7. The van der Waals surface area contributed by atoms with Gasteiger partial charge in [-0.25, -0.2) is 8.42 Å². The summed E-state index contributed by atoms with van der Waals surface area (Å²) in [6.45, 7) is -1.01. The second-order valence-corrected chi connectivity index (χ2v) is 7.13. The Labute approximate surface area is 142 Å². The molecule has 1 amide bonds. The van der Waals surface area contributed by atoms with Gasteiger partial charge in [-0.05, 0) is 17.7 Å². The number of carbonyl (C=O) groups excluding carboxylic acids is 1. The van der Waals surface area contributed by atoms with Crippen LogP contribution in [0.15, 0.2) is 59.5 Å². The van der Waals surface area contributed by atoms with E-state index in [9.17, 15) is 26.4 Å². The van der Waals surface area contributed by atoms with Crippen molar-refractivity contribution in [1.82, 2.24) is 4.31 Å². The van der Waals surface area contributed by atoms with E-state index in [1.807, 2.05) is 0 Å². The van der Waals surface area contributed by atoms with Crippen LogP contribution in [-0.4, -0.2) is 25.2 Å². The number of sulfonamides is 1. The average molecular weight is 372 g/mol. The Morgan fingerprint density at radius 1 is 1.00 bits per heavy atom. The second kappa shape index (κ2) is 7.24. The van der Waals surface area contributed by atoms with E-state index >= 15 is 0 Å². The van der Waals surface area contributed by atoms with Gasteiger partial charge >= 0.3 is 6.18 Å². The molecule has 0 aliphatic rings. The molecule has 0 radical (unpaired) electrons. The third-order valence-corrected chi connectivity index (χ3v) is 5.19. The first kappa shape index (κ1) is 18.9. The first-order chi connectivity index (χ1) is 11.6. The first-order valence-corrected chi connectivity index (χ1v) is 8.55. The number of hydrogen-bond acceptors (Lipinski definition) is 3. The molecule has 2 N–H and O–H groups in total. The van der Waals surface area contributed by atoms with E-state index in [1.165, 1.54) is 6.07 Å². The summed E-state index contributed by atoms with van der Waals surface area (Å²) in [5, 5.41) is 0. The molecule has 2 aromatic rings. The zero-order valence-electron chi connectivity index (χ0n) is 12.9. The van der Waals surface area contributed by atoms with Crippen LogP contribution in [0.4, 0.5) is 13.2 Å². The fraction of sp³-hybridized carbons (Fsp3) is 0.188. The van der Waals surface area contributed by atoms with Gasteiger partial charge in [0.05, 0.1) is 17.0 Å². The van der Waals surface area contributed by atoms with E-state index in [4.69, 9.17) is 5.73 Å². The number of nitrogens with two attached hydrogens (primary N) is 1. The lowest BCUT2D eigenvalue weighted by Gasteiger charge is -2.23. The van der Waals surface area contributed by atoms with Gasteiger partial charge in [0.25, 0.3) is 0 Å². The molecule has 0 unspecified atom stereocenters. The molecular formula is C16H15F3N2O3S. The largest absolute Gasteiger partial charge is 0.417 e. The van der Waals surface area contributed by atoms with E-state index in [1.54, 1.807) is 30.3 Å². The number of rotatable bonds is 6. The van der Waals surface area contributed by atoms with Crippen molar-refractivity contribution < 1.29 is 26.4 Å². The van der Waals surface area contributed by atoms with E-state index < -0.39 is 39.1 Å². The Morgan fingerprint density at radius 2 is 1.56 bits per heavy atom. The lowest BCUT2D eigenvalue weighted by Crippen LogP contribution is -2.38. The summed E-state index contributed by atoms with van der Waals surface area (Å²) < 4.78 is 65.6. The fourth-order valence-corrected chi connectivity index (χ4v) is 3.86. The van der Waals surface area contributed by atoms with Gasteiger partial charge in [0.2, 0.25) is 15.9 Å². The number of primary amides is 1. The van der Waals surface area contributed by atoms with Crippen LogP contribution in [0.25, 0.3) is 0 Å². The minimum Gasteiger partial charge on any atom is -0.369 e. The lowest BCUT2D eigenvalue weighted by atomic mass is 10.2. The van der Waals surface area contributed by atoms with E-state index in [0.29, 0.717) is 15.9 Å². The molecule has 0 bridgehead atoms. The van der Waals surface area contributed by atoms with Gasteiger partial charge in [0.1, 0.15) is 0 Å². The number of benzene rings is 2. The normalized spacial score (nSPS) is 12.3. The minimum atomic E-state index is -4.85. The van der Waals surface area contributed by atoms with Gasteiger partial charge < -0.3 is 5.73 Å². The summed E-state index contributed by atoms with van der Waals surface area (Å²) in [6, 6.07) is 12.0. The molecule has 25 heavy (non-hydrogen) atoms. The summed E-state index contributed by atoms with van der Waals surface area (Å²) in [7, 11) is -4.60. The van der Waals surface area contributed by atoms with E-state index in [-0.39, 0.29) is 6.54 Å². The zero-order chi connectivity index (χ0) is 18.7. The monoisotopic (exact) mass is 372 g/mol. The smallest absolute Gasteiger partial charge is 0.369 e. The molecule has 2 aromatic carbocycles. The lowest BCUT2D eigenvalue weighted by molar-refractivity contribution is -0.139. The Morgan fingerprint density at radius 3 is 2.12 bits per heavy atom. The number of halogens is 3. The summed E-state index contributed by atoms with van der Waals surface area (Å²) in [4.78, 5) is 10.3. The first-order valence-electron chi connectivity index (χ1n) is 7.11. The highest BCUT2D eigenvalue weighted by Crippen LogP contribution is 2.35. The van der Waals surface area contributed by atoms with Crippen LogP contribution in [0, 0.1) is 0 Å². The summed E-state index contributed by atoms with van der Waals surface area (Å²) in [5.41, 5.74) is 4.30. The molecule has 0 saturated carbocycles. The van der Waals surface area contributed by atoms with Crippen LogP contribution < -0.4 is 5.73 Å². The van der Waals surface area contributed by atoms with Gasteiger partial charge in [-0.1, -0.05) is 42.5 Å². The second-order valence-electron chi connectivity index (χ2n) is 5.22. The summed E-state index contributed by atoms with van der Waals surface area (Å²) in [5.74, 6) is -0.969. The maximum atomic E-state index is 13.2. The predicted octanol–water partition coefficient (Wildman–Crippen LogP) is 2.38. The molecule has 134 valence electrons. The van der Waals surface area contributed by atoms with Crippen LogP contribution in [-0.2, 0) is 27.5 Å². The summed E-state index contributed by atoms with van der Waals surface area (Å²) in [6.07, 6.45) is -4.85. The average Bonchev–Trinajstić information content (AvgIpc) is 2.54. The van der Waals surface area contributed by atoms with Crippen LogP contribution in [0.1, 0.15) is 11.1 Å². The third-order valence-electron chi connectivity index (χ3n) is 3.34. The molecule has 0 saturated heterocycles. The molecule has 0 spiro atoms. The fourth-order valence-electron chi connectivity index (χ4n) is 2.25.